The van der Waals surface area contributed by atoms with Gasteiger partial charge in [0.05, 0.1) is 0 Å². The fourth-order valence-corrected chi connectivity index (χ4v) is 3.55. The van der Waals surface area contributed by atoms with Gasteiger partial charge in [-0.3, -0.25) is 0 Å². The highest BCUT2D eigenvalue weighted by atomic mass is 16.3. The molecule has 4 heterocycles. The zero-order chi connectivity index (χ0) is 19.5. The Hall–Kier alpha value is -2.56. The SMILES string of the molecule is [2H]C([2H])([2H])c1c[n+](C)c(B2C(C)=c3oc4ncccc4c3=CN2C)cc1C. The first-order valence-electron chi connectivity index (χ1n) is 9.47. The fraction of sp³-hybridized carbons (Fsp3) is 0.263. The van der Waals surface area contributed by atoms with Crippen LogP contribution in [0, 0.1) is 13.8 Å². The quantitative estimate of drug-likeness (QED) is 0.485. The van der Waals surface area contributed by atoms with Gasteiger partial charge in [-0.05, 0) is 57.1 Å². The van der Waals surface area contributed by atoms with Gasteiger partial charge in [0.2, 0.25) is 5.71 Å². The van der Waals surface area contributed by atoms with Gasteiger partial charge in [-0.2, -0.15) is 0 Å². The van der Waals surface area contributed by atoms with Crippen molar-refractivity contribution in [3.05, 3.63) is 52.4 Å². The van der Waals surface area contributed by atoms with Gasteiger partial charge < -0.3 is 9.23 Å². The molecule has 0 radical (unpaired) electrons. The van der Waals surface area contributed by atoms with E-state index in [9.17, 15) is 0 Å². The van der Waals surface area contributed by atoms with E-state index in [0.29, 0.717) is 11.3 Å². The Labute approximate surface area is 146 Å². The molecule has 0 unspecified atom stereocenters. The topological polar surface area (TPSA) is 33.1 Å². The van der Waals surface area contributed by atoms with Gasteiger partial charge in [0.1, 0.15) is 12.5 Å². The van der Waals surface area contributed by atoms with Crippen LogP contribution in [-0.4, -0.2) is 23.7 Å². The summed E-state index contributed by atoms with van der Waals surface area (Å²) in [5.41, 5.74) is 4.69. The standard InChI is InChI=1S/C19H21BN3O/c1-12-9-17(22(4)10-13(12)2)20-14(3)18-16(11-23(20)5)15-7-6-8-21-19(15)24-18/h6-11H,1-5H3/q+1/i2D3. The van der Waals surface area contributed by atoms with Crippen molar-refractivity contribution in [2.75, 3.05) is 7.05 Å². The van der Waals surface area contributed by atoms with E-state index in [1.54, 1.807) is 12.4 Å². The van der Waals surface area contributed by atoms with Crippen LogP contribution in [-0.2, 0) is 7.05 Å². The molecule has 5 heteroatoms. The third-order valence-electron chi connectivity index (χ3n) is 4.81. The molecule has 0 saturated heterocycles. The van der Waals surface area contributed by atoms with Crippen LogP contribution < -0.4 is 20.8 Å². The van der Waals surface area contributed by atoms with Crippen molar-refractivity contribution in [1.29, 1.82) is 0 Å². The lowest BCUT2D eigenvalue weighted by atomic mass is 9.50. The van der Waals surface area contributed by atoms with Crippen molar-refractivity contribution in [2.45, 2.75) is 20.7 Å². The fourth-order valence-electron chi connectivity index (χ4n) is 3.55. The summed E-state index contributed by atoms with van der Waals surface area (Å²) >= 11 is 0. The Morgan fingerprint density at radius 3 is 2.96 bits per heavy atom. The van der Waals surface area contributed by atoms with Gasteiger partial charge in [-0.1, -0.05) is 0 Å². The van der Waals surface area contributed by atoms with Gasteiger partial charge in [-0.15, -0.1) is 0 Å². The van der Waals surface area contributed by atoms with Crippen LogP contribution in [0.5, 0.6) is 0 Å². The zero-order valence-corrected chi connectivity index (χ0v) is 14.3. The minimum atomic E-state index is -2.12. The lowest BCUT2D eigenvalue weighted by Crippen LogP contribution is -2.62. The minimum absolute atomic E-state index is 0.0487. The number of nitrogens with zero attached hydrogens (tertiary/aromatic N) is 3. The monoisotopic (exact) mass is 321 g/mol. The average Bonchev–Trinajstić information content (AvgIpc) is 2.95. The van der Waals surface area contributed by atoms with Crippen molar-refractivity contribution < 1.29 is 13.1 Å². The molecule has 120 valence electrons. The number of fused-ring (bicyclic) bond motifs is 3. The molecule has 0 fully saturated rings. The van der Waals surface area contributed by atoms with E-state index >= 15 is 0 Å². The lowest BCUT2D eigenvalue weighted by molar-refractivity contribution is -0.654. The molecule has 1 aliphatic heterocycles. The summed E-state index contributed by atoms with van der Waals surface area (Å²) in [5, 5.41) is 2.03. The highest BCUT2D eigenvalue weighted by molar-refractivity contribution is 6.85. The highest BCUT2D eigenvalue weighted by Gasteiger charge is 2.35. The summed E-state index contributed by atoms with van der Waals surface area (Å²) in [6.07, 6.45) is 5.52. The molecule has 1 aliphatic rings. The molecule has 3 aromatic rings. The summed E-state index contributed by atoms with van der Waals surface area (Å²) < 4.78 is 31.2. The Kier molecular flexibility index (Phi) is 2.59. The second kappa shape index (κ2) is 5.23. The lowest BCUT2D eigenvalue weighted by Gasteiger charge is -2.24. The maximum absolute atomic E-state index is 7.74. The zero-order valence-electron chi connectivity index (χ0n) is 17.3. The maximum atomic E-state index is 7.74. The Morgan fingerprint density at radius 1 is 1.33 bits per heavy atom. The molecule has 24 heavy (non-hydrogen) atoms. The number of furan rings is 1. The van der Waals surface area contributed by atoms with Gasteiger partial charge in [0.25, 0.3) is 0 Å². The van der Waals surface area contributed by atoms with E-state index in [4.69, 9.17) is 8.53 Å². The Morgan fingerprint density at radius 2 is 2.17 bits per heavy atom. The van der Waals surface area contributed by atoms with Crippen LogP contribution in [0.1, 0.15) is 22.2 Å². The van der Waals surface area contributed by atoms with E-state index in [-0.39, 0.29) is 6.85 Å². The molecule has 0 aromatic carbocycles. The van der Waals surface area contributed by atoms with E-state index in [1.807, 2.05) is 43.8 Å². The van der Waals surface area contributed by atoms with Crippen LogP contribution in [0.15, 0.2) is 35.0 Å². The Balaban J connectivity index is 1.94. The first-order valence-corrected chi connectivity index (χ1v) is 7.97. The number of hydrogen-bond acceptors (Lipinski definition) is 3. The maximum Gasteiger partial charge on any atom is 0.402 e. The van der Waals surface area contributed by atoms with Crippen molar-refractivity contribution in [3.8, 4) is 0 Å². The van der Waals surface area contributed by atoms with E-state index in [0.717, 1.165) is 32.6 Å². The molecular formula is C19H21BN3O+. The molecule has 4 nitrogen and oxygen atoms in total. The number of pyridine rings is 2. The first kappa shape index (κ1) is 11.9. The van der Waals surface area contributed by atoms with Gasteiger partial charge in [-0.25, -0.2) is 9.55 Å². The second-order valence-corrected chi connectivity index (χ2v) is 6.49. The van der Waals surface area contributed by atoms with E-state index < -0.39 is 6.85 Å². The number of hydrogen-bond donors (Lipinski definition) is 0. The summed E-state index contributed by atoms with van der Waals surface area (Å²) in [4.78, 5) is 6.47. The van der Waals surface area contributed by atoms with Gasteiger partial charge in [0, 0.05) is 32.5 Å². The molecule has 0 aliphatic carbocycles. The van der Waals surface area contributed by atoms with Crippen LogP contribution in [0.3, 0.4) is 0 Å². The molecule has 0 saturated carbocycles. The summed E-state index contributed by atoms with van der Waals surface area (Å²) in [6.45, 7) is 1.74. The molecule has 4 rings (SSSR count). The third-order valence-corrected chi connectivity index (χ3v) is 4.81. The molecule has 0 N–H and O–H groups in total. The summed E-state index contributed by atoms with van der Waals surface area (Å²) in [5.74, 6) is 0. The normalized spacial score (nSPS) is 16.5. The van der Waals surface area contributed by atoms with Crippen molar-refractivity contribution in [1.82, 2.24) is 9.79 Å². The van der Waals surface area contributed by atoms with Crippen LogP contribution >= 0.6 is 0 Å². The largest absolute Gasteiger partial charge is 0.438 e. The van der Waals surface area contributed by atoms with Crippen molar-refractivity contribution in [3.63, 3.8) is 0 Å². The predicted octanol–water partition coefficient (Wildman–Crippen LogP) is 0.561. The van der Waals surface area contributed by atoms with E-state index in [1.165, 1.54) is 0 Å². The number of aryl methyl sites for hydroxylation is 3. The molecule has 0 atom stereocenters. The van der Waals surface area contributed by atoms with Gasteiger partial charge in [0.15, 0.2) is 11.8 Å². The summed E-state index contributed by atoms with van der Waals surface area (Å²) in [6, 6.07) is 5.88. The molecule has 0 spiro atoms. The highest BCUT2D eigenvalue weighted by Crippen LogP contribution is 2.12. The number of aromatic nitrogens is 2. The second-order valence-electron chi connectivity index (χ2n) is 6.49. The molecule has 3 aromatic heterocycles. The average molecular weight is 321 g/mol. The van der Waals surface area contributed by atoms with Crippen molar-refractivity contribution >= 4 is 35.2 Å². The predicted molar refractivity (Wildman–Crippen MR) is 97.0 cm³/mol. The Bertz CT molecular complexity index is 1180. The van der Waals surface area contributed by atoms with E-state index in [2.05, 4.69) is 22.9 Å². The molecular weight excluding hydrogens is 297 g/mol. The number of rotatable bonds is 1. The van der Waals surface area contributed by atoms with Crippen LogP contribution in [0.4, 0.5) is 0 Å². The van der Waals surface area contributed by atoms with Crippen LogP contribution in [0.25, 0.3) is 22.8 Å². The molecule has 0 amide bonds. The molecule has 0 bridgehead atoms. The van der Waals surface area contributed by atoms with Crippen molar-refractivity contribution in [2.24, 2.45) is 7.05 Å². The minimum Gasteiger partial charge on any atom is -0.438 e. The van der Waals surface area contributed by atoms with Gasteiger partial charge >= 0.3 is 6.85 Å². The smallest absolute Gasteiger partial charge is 0.402 e. The third kappa shape index (κ3) is 2.08. The summed E-state index contributed by atoms with van der Waals surface area (Å²) in [7, 11) is 3.92. The first-order chi connectivity index (χ1) is 12.7. The van der Waals surface area contributed by atoms with Crippen LogP contribution in [0.2, 0.25) is 0 Å².